The second-order valence-corrected chi connectivity index (χ2v) is 8.74. The Bertz CT molecular complexity index is 1070. The van der Waals surface area contributed by atoms with Crippen molar-refractivity contribution in [3.05, 3.63) is 60.4 Å². The van der Waals surface area contributed by atoms with Gasteiger partial charge in [-0.05, 0) is 49.9 Å². The molecule has 34 heavy (non-hydrogen) atoms. The van der Waals surface area contributed by atoms with Crippen LogP contribution >= 0.6 is 0 Å². The van der Waals surface area contributed by atoms with Gasteiger partial charge in [0, 0.05) is 56.6 Å². The smallest absolute Gasteiger partial charge is 0.161 e. The summed E-state index contributed by atoms with van der Waals surface area (Å²) in [7, 11) is 3.71. The number of phenols is 1. The van der Waals surface area contributed by atoms with Gasteiger partial charge in [-0.1, -0.05) is 12.1 Å². The number of phenolic OH excluding ortho intramolecular Hbond substituents is 1. The molecular formula is C26H34N6O2. The van der Waals surface area contributed by atoms with Crippen LogP contribution < -0.4 is 15.4 Å². The van der Waals surface area contributed by atoms with Crippen LogP contribution in [0.1, 0.15) is 18.5 Å². The molecule has 1 fully saturated rings. The van der Waals surface area contributed by atoms with E-state index in [1.165, 1.54) is 12.7 Å². The number of anilines is 2. The summed E-state index contributed by atoms with van der Waals surface area (Å²) in [5.41, 5.74) is 3.83. The van der Waals surface area contributed by atoms with Crippen LogP contribution in [0.4, 0.5) is 11.5 Å². The molecule has 8 nitrogen and oxygen atoms in total. The van der Waals surface area contributed by atoms with Crippen LogP contribution in [-0.2, 0) is 0 Å². The van der Waals surface area contributed by atoms with Crippen molar-refractivity contribution in [3.8, 4) is 22.8 Å². The normalized spacial score (nSPS) is 15.6. The maximum absolute atomic E-state index is 9.84. The zero-order chi connectivity index (χ0) is 23.9. The molecule has 0 bridgehead atoms. The lowest BCUT2D eigenvalue weighted by atomic mass is 10.1. The number of ether oxygens (including phenoxy) is 1. The summed E-state index contributed by atoms with van der Waals surface area (Å²) in [5.74, 6) is 1.19. The number of piperazine rings is 1. The van der Waals surface area contributed by atoms with Gasteiger partial charge in [0.1, 0.15) is 5.82 Å². The zero-order valence-electron chi connectivity index (χ0n) is 20.2. The van der Waals surface area contributed by atoms with E-state index in [4.69, 9.17) is 4.74 Å². The van der Waals surface area contributed by atoms with Gasteiger partial charge in [0.15, 0.2) is 11.5 Å². The van der Waals surface area contributed by atoms with Crippen LogP contribution in [0.2, 0.25) is 0 Å². The molecule has 2 aromatic carbocycles. The summed E-state index contributed by atoms with van der Waals surface area (Å²) in [6.45, 7) is 8.70. The number of methoxy groups -OCH3 is 1. The minimum absolute atomic E-state index is 0.0679. The molecule has 3 N–H and O–H groups in total. The van der Waals surface area contributed by atoms with E-state index in [0.29, 0.717) is 17.3 Å². The highest BCUT2D eigenvalue weighted by molar-refractivity contribution is 5.64. The van der Waals surface area contributed by atoms with E-state index < -0.39 is 0 Å². The molecule has 2 heterocycles. The third-order valence-corrected chi connectivity index (χ3v) is 6.24. The molecule has 0 saturated carbocycles. The molecule has 0 amide bonds. The van der Waals surface area contributed by atoms with Gasteiger partial charge in [-0.25, -0.2) is 4.98 Å². The topological polar surface area (TPSA) is 85.8 Å². The number of aromatic nitrogens is 2. The molecule has 8 heteroatoms. The van der Waals surface area contributed by atoms with Crippen LogP contribution in [-0.4, -0.2) is 78.3 Å². The van der Waals surface area contributed by atoms with Gasteiger partial charge < -0.3 is 25.4 Å². The summed E-state index contributed by atoms with van der Waals surface area (Å²) in [6.07, 6.45) is 3.41. The average molecular weight is 463 g/mol. The number of nitrogens with zero attached hydrogens (tertiary/aromatic N) is 4. The van der Waals surface area contributed by atoms with Crippen LogP contribution in [0.5, 0.6) is 11.5 Å². The second kappa shape index (κ2) is 11.2. The number of likely N-dealkylation sites (N-methyl/N-ethyl adjacent to an activating group) is 1. The monoisotopic (exact) mass is 462 g/mol. The fourth-order valence-electron chi connectivity index (χ4n) is 4.04. The van der Waals surface area contributed by atoms with Gasteiger partial charge >= 0.3 is 0 Å². The third-order valence-electron chi connectivity index (χ3n) is 6.24. The fraction of sp³-hybridized carbons (Fsp3) is 0.385. The van der Waals surface area contributed by atoms with E-state index in [1.54, 1.807) is 30.6 Å². The number of rotatable bonds is 9. The summed E-state index contributed by atoms with van der Waals surface area (Å²) in [5, 5.41) is 16.8. The number of nitrogens with one attached hydrogen (secondary N) is 2. The Morgan fingerprint density at radius 2 is 1.82 bits per heavy atom. The lowest BCUT2D eigenvalue weighted by molar-refractivity contribution is 0.158. The SMILES string of the molecule is COc1cc(-c2cncc(NC(C)c3ccc(NCCN4CCN(C)CC4)cc3)n2)ccc1O. The molecule has 1 aliphatic heterocycles. The molecule has 0 spiro atoms. The summed E-state index contributed by atoms with van der Waals surface area (Å²) < 4.78 is 5.21. The molecule has 3 aromatic rings. The summed E-state index contributed by atoms with van der Waals surface area (Å²) in [6, 6.07) is 13.7. The summed E-state index contributed by atoms with van der Waals surface area (Å²) in [4.78, 5) is 13.9. The predicted octanol–water partition coefficient (Wildman–Crippen LogP) is 3.69. The Hall–Kier alpha value is -3.36. The van der Waals surface area contributed by atoms with Gasteiger partial charge in [-0.3, -0.25) is 9.88 Å². The van der Waals surface area contributed by atoms with E-state index in [0.717, 1.165) is 50.5 Å². The van der Waals surface area contributed by atoms with Gasteiger partial charge in [-0.2, -0.15) is 0 Å². The van der Waals surface area contributed by atoms with Crippen molar-refractivity contribution in [2.45, 2.75) is 13.0 Å². The maximum Gasteiger partial charge on any atom is 0.161 e. The Kier molecular flexibility index (Phi) is 7.82. The van der Waals surface area contributed by atoms with Crippen molar-refractivity contribution in [1.29, 1.82) is 0 Å². The van der Waals surface area contributed by atoms with Gasteiger partial charge in [-0.15, -0.1) is 0 Å². The molecule has 0 aliphatic carbocycles. The molecular weight excluding hydrogens is 428 g/mol. The molecule has 1 unspecified atom stereocenters. The maximum atomic E-state index is 9.84. The molecule has 4 rings (SSSR count). The van der Waals surface area contributed by atoms with Gasteiger partial charge in [0.2, 0.25) is 0 Å². The first-order valence-electron chi connectivity index (χ1n) is 11.7. The Morgan fingerprint density at radius 1 is 1.06 bits per heavy atom. The molecule has 180 valence electrons. The molecule has 0 radical (unpaired) electrons. The van der Waals surface area contributed by atoms with Crippen LogP contribution in [0.3, 0.4) is 0 Å². The third kappa shape index (κ3) is 6.15. The number of hydrogen-bond acceptors (Lipinski definition) is 8. The number of benzene rings is 2. The van der Waals surface area contributed by atoms with E-state index in [-0.39, 0.29) is 11.8 Å². The number of aromatic hydroxyl groups is 1. The minimum Gasteiger partial charge on any atom is -0.504 e. The van der Waals surface area contributed by atoms with Crippen LogP contribution in [0.25, 0.3) is 11.3 Å². The van der Waals surface area contributed by atoms with Crippen LogP contribution in [0.15, 0.2) is 54.9 Å². The average Bonchev–Trinajstić information content (AvgIpc) is 2.86. The van der Waals surface area contributed by atoms with Crippen molar-refractivity contribution < 1.29 is 9.84 Å². The molecule has 1 aromatic heterocycles. The lowest BCUT2D eigenvalue weighted by Gasteiger charge is -2.32. The zero-order valence-corrected chi connectivity index (χ0v) is 20.2. The summed E-state index contributed by atoms with van der Waals surface area (Å²) >= 11 is 0. The van der Waals surface area contributed by atoms with Crippen molar-refractivity contribution in [2.24, 2.45) is 0 Å². The van der Waals surface area contributed by atoms with E-state index >= 15 is 0 Å². The predicted molar refractivity (Wildman–Crippen MR) is 137 cm³/mol. The van der Waals surface area contributed by atoms with Crippen molar-refractivity contribution in [3.63, 3.8) is 0 Å². The Labute approximate surface area is 201 Å². The first-order valence-corrected chi connectivity index (χ1v) is 11.7. The molecule has 1 atom stereocenters. The number of hydrogen-bond donors (Lipinski definition) is 3. The van der Waals surface area contributed by atoms with E-state index in [1.807, 2.05) is 0 Å². The highest BCUT2D eigenvalue weighted by Gasteiger charge is 2.13. The molecule has 1 aliphatic rings. The Morgan fingerprint density at radius 3 is 2.56 bits per heavy atom. The van der Waals surface area contributed by atoms with E-state index in [2.05, 4.69) is 68.6 Å². The standard InChI is InChI=1S/C26H34N6O2/c1-19(20-4-7-22(8-5-20)28-10-11-32-14-12-31(2)13-15-32)29-26-18-27-17-23(30-26)21-6-9-24(33)25(16-21)34-3/h4-9,16-19,28,33H,10-15H2,1-3H3,(H,29,30). The van der Waals surface area contributed by atoms with Gasteiger partial charge in [0.25, 0.3) is 0 Å². The fourth-order valence-corrected chi connectivity index (χ4v) is 4.04. The second-order valence-electron chi connectivity index (χ2n) is 8.74. The van der Waals surface area contributed by atoms with E-state index in [9.17, 15) is 5.11 Å². The van der Waals surface area contributed by atoms with Crippen LogP contribution in [0, 0.1) is 0 Å². The minimum atomic E-state index is 0.0679. The van der Waals surface area contributed by atoms with Crippen molar-refractivity contribution >= 4 is 11.5 Å². The highest BCUT2D eigenvalue weighted by Crippen LogP contribution is 2.31. The highest BCUT2D eigenvalue weighted by atomic mass is 16.5. The largest absolute Gasteiger partial charge is 0.504 e. The first kappa shape index (κ1) is 23.8. The van der Waals surface area contributed by atoms with Crippen molar-refractivity contribution in [2.75, 3.05) is 64.1 Å². The van der Waals surface area contributed by atoms with Gasteiger partial charge in [0.05, 0.1) is 25.2 Å². The Balaban J connectivity index is 1.32. The first-order chi connectivity index (χ1) is 16.5. The molecule has 1 saturated heterocycles. The van der Waals surface area contributed by atoms with Crippen molar-refractivity contribution in [1.82, 2.24) is 19.8 Å². The quantitative estimate of drug-likeness (QED) is 0.444. The lowest BCUT2D eigenvalue weighted by Crippen LogP contribution is -2.45.